The zero-order valence-corrected chi connectivity index (χ0v) is 10.2. The average Bonchev–Trinajstić information content (AvgIpc) is 3.02. The first-order valence-corrected chi connectivity index (χ1v) is 6.35. The molecule has 0 radical (unpaired) electrons. The van der Waals surface area contributed by atoms with Gasteiger partial charge in [0.2, 0.25) is 0 Å². The van der Waals surface area contributed by atoms with Gasteiger partial charge in [-0.2, -0.15) is 0 Å². The van der Waals surface area contributed by atoms with E-state index in [4.69, 9.17) is 0 Å². The molecule has 1 unspecified atom stereocenters. The highest BCUT2D eigenvalue weighted by molar-refractivity contribution is 4.88. The lowest BCUT2D eigenvalue weighted by atomic mass is 10.1. The van der Waals surface area contributed by atoms with E-state index < -0.39 is 0 Å². The SMILES string of the molecule is CCCC(CC)n1nnnc1CNC1CC1. The molecule has 1 aromatic rings. The van der Waals surface area contributed by atoms with Gasteiger partial charge in [0.25, 0.3) is 0 Å². The van der Waals surface area contributed by atoms with Crippen molar-refractivity contribution in [3.8, 4) is 0 Å². The van der Waals surface area contributed by atoms with Gasteiger partial charge in [0, 0.05) is 6.04 Å². The highest BCUT2D eigenvalue weighted by atomic mass is 15.6. The van der Waals surface area contributed by atoms with E-state index in [1.54, 1.807) is 0 Å². The molecule has 1 fully saturated rings. The van der Waals surface area contributed by atoms with Crippen LogP contribution in [0.15, 0.2) is 0 Å². The van der Waals surface area contributed by atoms with Crippen molar-refractivity contribution in [2.45, 2.75) is 64.6 Å². The van der Waals surface area contributed by atoms with Gasteiger partial charge < -0.3 is 5.32 Å². The summed E-state index contributed by atoms with van der Waals surface area (Å²) in [5.41, 5.74) is 0. The van der Waals surface area contributed by atoms with Gasteiger partial charge in [0.15, 0.2) is 5.82 Å². The van der Waals surface area contributed by atoms with Crippen LogP contribution in [0, 0.1) is 0 Å². The van der Waals surface area contributed by atoms with Crippen LogP contribution >= 0.6 is 0 Å². The minimum atomic E-state index is 0.455. The van der Waals surface area contributed by atoms with E-state index in [2.05, 4.69) is 34.7 Å². The van der Waals surface area contributed by atoms with Crippen LogP contribution in [-0.2, 0) is 6.54 Å². The molecule has 0 aromatic carbocycles. The summed E-state index contributed by atoms with van der Waals surface area (Å²) in [5.74, 6) is 0.979. The molecule has 0 amide bonds. The number of nitrogens with one attached hydrogen (secondary N) is 1. The maximum absolute atomic E-state index is 4.12. The second kappa shape index (κ2) is 5.39. The zero-order chi connectivity index (χ0) is 11.4. The highest BCUT2D eigenvalue weighted by Gasteiger charge is 2.22. The van der Waals surface area contributed by atoms with Gasteiger partial charge in [-0.05, 0) is 36.1 Å². The Bertz CT molecular complexity index is 318. The molecule has 1 atom stereocenters. The Balaban J connectivity index is 1.97. The minimum Gasteiger partial charge on any atom is -0.307 e. The van der Waals surface area contributed by atoms with Crippen molar-refractivity contribution in [2.24, 2.45) is 0 Å². The topological polar surface area (TPSA) is 55.6 Å². The summed E-state index contributed by atoms with van der Waals surface area (Å²) >= 11 is 0. The third-order valence-corrected chi connectivity index (χ3v) is 3.13. The number of aromatic nitrogens is 4. The Morgan fingerprint density at radius 1 is 1.44 bits per heavy atom. The fraction of sp³-hybridized carbons (Fsp3) is 0.909. The number of hydrogen-bond acceptors (Lipinski definition) is 4. The monoisotopic (exact) mass is 223 g/mol. The van der Waals surface area contributed by atoms with Crippen LogP contribution in [0.1, 0.15) is 57.8 Å². The van der Waals surface area contributed by atoms with Crippen LogP contribution in [0.4, 0.5) is 0 Å². The summed E-state index contributed by atoms with van der Waals surface area (Å²) in [7, 11) is 0. The van der Waals surface area contributed by atoms with Crippen molar-refractivity contribution < 1.29 is 0 Å². The lowest BCUT2D eigenvalue weighted by Crippen LogP contribution is -2.21. The predicted octanol–water partition coefficient (Wildman–Crippen LogP) is 1.68. The van der Waals surface area contributed by atoms with E-state index in [1.807, 2.05) is 4.68 Å². The molecule has 0 aliphatic heterocycles. The van der Waals surface area contributed by atoms with Crippen molar-refractivity contribution in [3.63, 3.8) is 0 Å². The molecular formula is C11H21N5. The molecule has 1 N–H and O–H groups in total. The van der Waals surface area contributed by atoms with E-state index >= 15 is 0 Å². The third kappa shape index (κ3) is 2.78. The Morgan fingerprint density at radius 3 is 2.88 bits per heavy atom. The first kappa shape index (κ1) is 11.5. The molecular weight excluding hydrogens is 202 g/mol. The Kier molecular flexibility index (Phi) is 3.88. The molecule has 1 heterocycles. The van der Waals surface area contributed by atoms with Gasteiger partial charge >= 0.3 is 0 Å². The zero-order valence-electron chi connectivity index (χ0n) is 10.2. The molecule has 1 saturated carbocycles. The fourth-order valence-corrected chi connectivity index (χ4v) is 1.97. The average molecular weight is 223 g/mol. The van der Waals surface area contributed by atoms with Crippen molar-refractivity contribution in [1.82, 2.24) is 25.5 Å². The molecule has 1 aliphatic rings. The summed E-state index contributed by atoms with van der Waals surface area (Å²) in [6, 6.07) is 1.16. The maximum atomic E-state index is 4.12. The van der Waals surface area contributed by atoms with Crippen LogP contribution in [0.25, 0.3) is 0 Å². The van der Waals surface area contributed by atoms with Crippen molar-refractivity contribution in [2.75, 3.05) is 0 Å². The van der Waals surface area contributed by atoms with Crippen LogP contribution in [0.2, 0.25) is 0 Å². The standard InChI is InChI=1S/C11H21N5/c1-3-5-10(4-2)16-11(13-14-15-16)8-12-9-6-7-9/h9-10,12H,3-8H2,1-2H3. The lowest BCUT2D eigenvalue weighted by Gasteiger charge is -2.15. The van der Waals surface area contributed by atoms with Gasteiger partial charge in [0.1, 0.15) is 0 Å². The van der Waals surface area contributed by atoms with E-state index in [0.717, 1.165) is 25.2 Å². The van der Waals surface area contributed by atoms with Crippen LogP contribution < -0.4 is 5.32 Å². The van der Waals surface area contributed by atoms with Crippen molar-refractivity contribution in [3.05, 3.63) is 5.82 Å². The molecule has 0 saturated heterocycles. The largest absolute Gasteiger partial charge is 0.307 e. The summed E-state index contributed by atoms with van der Waals surface area (Å²) in [5, 5.41) is 15.5. The van der Waals surface area contributed by atoms with E-state index in [0.29, 0.717) is 12.1 Å². The van der Waals surface area contributed by atoms with Gasteiger partial charge in [-0.3, -0.25) is 0 Å². The van der Waals surface area contributed by atoms with Gasteiger partial charge in [0.05, 0.1) is 12.6 Å². The number of rotatable bonds is 7. The summed E-state index contributed by atoms with van der Waals surface area (Å²) in [6.45, 7) is 5.20. The number of hydrogen-bond donors (Lipinski definition) is 1. The quantitative estimate of drug-likeness (QED) is 0.764. The second-order valence-electron chi connectivity index (χ2n) is 4.55. The Labute approximate surface area is 96.6 Å². The van der Waals surface area contributed by atoms with E-state index in [-0.39, 0.29) is 0 Å². The molecule has 90 valence electrons. The molecule has 1 aliphatic carbocycles. The molecule has 2 rings (SSSR count). The lowest BCUT2D eigenvalue weighted by molar-refractivity contribution is 0.383. The molecule has 1 aromatic heterocycles. The van der Waals surface area contributed by atoms with Gasteiger partial charge in [-0.1, -0.05) is 20.3 Å². The van der Waals surface area contributed by atoms with Crippen LogP contribution in [0.3, 0.4) is 0 Å². The van der Waals surface area contributed by atoms with Crippen molar-refractivity contribution >= 4 is 0 Å². The van der Waals surface area contributed by atoms with Crippen LogP contribution in [-0.4, -0.2) is 26.2 Å². The van der Waals surface area contributed by atoms with Gasteiger partial charge in [-0.25, -0.2) is 4.68 Å². The Hall–Kier alpha value is -0.970. The minimum absolute atomic E-state index is 0.455. The first-order valence-electron chi connectivity index (χ1n) is 6.35. The number of nitrogens with zero attached hydrogens (tertiary/aromatic N) is 4. The van der Waals surface area contributed by atoms with E-state index in [9.17, 15) is 0 Å². The van der Waals surface area contributed by atoms with Crippen LogP contribution in [0.5, 0.6) is 0 Å². The predicted molar refractivity (Wildman–Crippen MR) is 61.9 cm³/mol. The molecule has 0 spiro atoms. The highest BCUT2D eigenvalue weighted by Crippen LogP contribution is 2.20. The van der Waals surface area contributed by atoms with Crippen molar-refractivity contribution in [1.29, 1.82) is 0 Å². The Morgan fingerprint density at radius 2 is 2.25 bits per heavy atom. The summed E-state index contributed by atoms with van der Waals surface area (Å²) in [6.07, 6.45) is 6.02. The smallest absolute Gasteiger partial charge is 0.165 e. The number of tetrazole rings is 1. The van der Waals surface area contributed by atoms with E-state index in [1.165, 1.54) is 19.3 Å². The first-order chi connectivity index (χ1) is 7.85. The second-order valence-corrected chi connectivity index (χ2v) is 4.55. The normalized spacial score (nSPS) is 17.6. The maximum Gasteiger partial charge on any atom is 0.165 e. The molecule has 5 heteroatoms. The van der Waals surface area contributed by atoms with Gasteiger partial charge in [-0.15, -0.1) is 5.10 Å². The fourth-order valence-electron chi connectivity index (χ4n) is 1.97. The molecule has 0 bridgehead atoms. The summed E-state index contributed by atoms with van der Waals surface area (Å²) < 4.78 is 2.00. The molecule has 5 nitrogen and oxygen atoms in total. The molecule has 16 heavy (non-hydrogen) atoms. The summed E-state index contributed by atoms with van der Waals surface area (Å²) in [4.78, 5) is 0. The third-order valence-electron chi connectivity index (χ3n) is 3.13.